The molecule has 10 saturated heterocycles. The molecule has 25 heavy (non-hydrogen) atoms. The van der Waals surface area contributed by atoms with E-state index in [1.165, 1.54) is 60.2 Å². The Morgan fingerprint density at radius 1 is 0.880 bits per heavy atom. The Balaban J connectivity index is 1.23. The Labute approximate surface area is 135 Å². The summed E-state index contributed by atoms with van der Waals surface area (Å²) < 4.78 is 0.662. The third-order valence-corrected chi connectivity index (χ3v) is 59.5. The molecule has 11 heterocycles. The van der Waals surface area contributed by atoms with Crippen LogP contribution < -0.4 is 5.73 Å². The molecule has 2 aromatic rings. The van der Waals surface area contributed by atoms with Gasteiger partial charge in [-0.2, -0.15) is 0 Å². The summed E-state index contributed by atoms with van der Waals surface area (Å²) in [6, 6.07) is 11.1. The van der Waals surface area contributed by atoms with Crippen molar-refractivity contribution in [2.75, 3.05) is 5.73 Å². The summed E-state index contributed by atoms with van der Waals surface area (Å²) in [6.45, 7) is -1.03. The zero-order valence-electron chi connectivity index (χ0n) is 13.9. The van der Waals surface area contributed by atoms with Crippen molar-refractivity contribution < 1.29 is 6.51 Å². The van der Waals surface area contributed by atoms with E-state index >= 15 is 0 Å². The van der Waals surface area contributed by atoms with E-state index in [9.17, 15) is 0 Å². The zero-order valence-corrected chi connectivity index (χ0v) is 15.0. The third-order valence-electron chi connectivity index (χ3n) is 17.2. The number of aryl methyl sites for hydroxylation is 1. The molecule has 12 rings (SSSR count). The first kappa shape index (κ1) is 10.1. The molecule has 0 bridgehead atoms. The minimum absolute atomic E-state index is 0.518. The van der Waals surface area contributed by atoms with Gasteiger partial charge in [0.25, 0.3) is 0 Å². The Bertz CT molecular complexity index is 1470. The fourth-order valence-electron chi connectivity index (χ4n) is 18.4. The second kappa shape index (κ2) is 1.09. The number of rotatable bonds is 2. The molecule has 10 fully saturated rings. The van der Waals surface area contributed by atoms with Crippen molar-refractivity contribution in [2.24, 2.45) is 0 Å². The fourth-order valence-corrected chi connectivity index (χ4v) is 92.4. The molecule has 126 valence electrons. The van der Waals surface area contributed by atoms with Gasteiger partial charge in [0, 0.05) is 0 Å². The van der Waals surface area contributed by atoms with Gasteiger partial charge in [0.05, 0.1) is 0 Å². The Morgan fingerprint density at radius 2 is 1.48 bits per heavy atom. The number of hydrogen-bond donors (Lipinski definition) is 1. The van der Waals surface area contributed by atoms with E-state index in [-0.39, 0.29) is 0 Å². The predicted octanol–water partition coefficient (Wildman–Crippen LogP) is 4.83. The van der Waals surface area contributed by atoms with Gasteiger partial charge >= 0.3 is 136 Å². The van der Waals surface area contributed by atoms with E-state index in [2.05, 4.69) is 42.2 Å². The summed E-state index contributed by atoms with van der Waals surface area (Å²) in [6.07, 6.45) is 0. The molecule has 10 aliphatic heterocycles. The van der Waals surface area contributed by atoms with Crippen LogP contribution in [0.1, 0.15) is 11.3 Å². The maximum atomic E-state index is 6.27. The molecule has 3 nitrogen and oxygen atoms in total. The third kappa shape index (κ3) is 0.162. The molecule has 4 heteroatoms. The zero-order chi connectivity index (χ0) is 15.8. The van der Waals surface area contributed by atoms with Crippen LogP contribution in [0.4, 0.5) is 5.95 Å². The van der Waals surface area contributed by atoms with E-state index in [0.717, 1.165) is 5.69 Å². The molecule has 4 atom stereocenters. The van der Waals surface area contributed by atoms with Crippen molar-refractivity contribution in [1.29, 1.82) is 0 Å². The molecule has 0 amide bonds. The van der Waals surface area contributed by atoms with Crippen molar-refractivity contribution in [1.82, 2.24) is 9.97 Å². The molecule has 4 unspecified atom stereocenters. The van der Waals surface area contributed by atoms with Crippen LogP contribution in [0.5, 0.6) is 0 Å². The van der Waals surface area contributed by atoms with E-state index in [1.807, 2.05) is 0 Å². The van der Waals surface area contributed by atoms with Gasteiger partial charge in [0.2, 0.25) is 0 Å². The summed E-state index contributed by atoms with van der Waals surface area (Å²) in [5, 5.41) is 0. The molecule has 10 aliphatic rings. The topological polar surface area (TPSA) is 51.8 Å². The van der Waals surface area contributed by atoms with Crippen LogP contribution in [0.25, 0.3) is 11.3 Å². The molecule has 0 saturated carbocycles. The second-order valence-corrected chi connectivity index (χ2v) is 36.6. The van der Waals surface area contributed by atoms with E-state index in [0.29, 0.717) is 10.3 Å². The number of aromatic nitrogens is 2. The van der Waals surface area contributed by atoms with Crippen LogP contribution in [0.15, 0.2) is 30.3 Å². The molecular formula is C21H19FeN3. The summed E-state index contributed by atoms with van der Waals surface area (Å²) in [7, 11) is 0. The van der Waals surface area contributed by atoms with Gasteiger partial charge in [-0.1, -0.05) is 0 Å². The first-order chi connectivity index (χ1) is 11.9. The number of anilines is 1. The minimum atomic E-state index is -3.17. The standard InChI is InChI=1S/C16H14N3.C5H5.Fe/c1-11-6-8-13(9-7-11)15-10-14(18-16(17)19-15)12-4-2-3-5-12;1-2-4-5-3-1;/h2-10H,1H3,(H2,17,18,19);1-5H;. The summed E-state index contributed by atoms with van der Waals surface area (Å²) in [5.41, 5.74) is 11.3. The van der Waals surface area contributed by atoms with Gasteiger partial charge in [0.1, 0.15) is 0 Å². The number of hydrogen-bond acceptors (Lipinski definition) is 3. The van der Waals surface area contributed by atoms with Crippen molar-refractivity contribution in [3.8, 4) is 11.3 Å². The first-order valence-corrected chi connectivity index (χ1v) is 16.1. The normalized spacial score (nSPS) is 84.6. The summed E-state index contributed by atoms with van der Waals surface area (Å²) in [4.78, 5) is 21.3. The van der Waals surface area contributed by atoms with Crippen LogP contribution in [0, 0.1) is 6.92 Å². The van der Waals surface area contributed by atoms with Gasteiger partial charge in [0.15, 0.2) is 0 Å². The number of fused-ring (bicyclic) bond motifs is 10. The van der Waals surface area contributed by atoms with Crippen LogP contribution in [-0.2, 0) is 10.8 Å². The van der Waals surface area contributed by atoms with Gasteiger partial charge in [-0.15, -0.1) is 0 Å². The van der Waals surface area contributed by atoms with E-state index < -0.39 is 6.51 Å². The quantitative estimate of drug-likeness (QED) is 0.772. The molecule has 0 radical (unpaired) electrons. The second-order valence-electron chi connectivity index (χ2n) is 13.0. The number of nitrogen functional groups attached to an aromatic ring is 1. The van der Waals surface area contributed by atoms with Crippen LogP contribution in [-0.4, -0.2) is 9.97 Å². The summed E-state index contributed by atoms with van der Waals surface area (Å²) >= 11 is 0. The fraction of sp³-hybridized carbons (Fsp3) is 0.524. The average Bonchev–Trinajstić information content (AvgIpc) is 3.54. The molecule has 0 aliphatic carbocycles. The Morgan fingerprint density at radius 3 is 1.96 bits per heavy atom. The van der Waals surface area contributed by atoms with Crippen LogP contribution >= 0.6 is 0 Å². The van der Waals surface area contributed by atoms with E-state index in [4.69, 9.17) is 10.7 Å². The number of nitrogens with zero attached hydrogens (tertiary/aromatic N) is 2. The number of benzene rings is 1. The molecule has 1 spiro atoms. The Kier molecular flexibility index (Phi) is 0.438. The van der Waals surface area contributed by atoms with Crippen LogP contribution in [0.2, 0.25) is 43.3 Å². The predicted molar refractivity (Wildman–Crippen MR) is 92.0 cm³/mol. The summed E-state index contributed by atoms with van der Waals surface area (Å²) in [5.74, 6) is 0.518. The van der Waals surface area contributed by atoms with E-state index in [1.54, 1.807) is 0 Å². The van der Waals surface area contributed by atoms with Crippen LogP contribution in [0.3, 0.4) is 0 Å². The SMILES string of the molecule is Cc1ccc(-c2cc([C]34[CH]5[CH]6[CH]7[CH]3[Fe]6754389%10[CH]4[CH]3[CH]8[CH]9[CH]4%10)nc(N)n2)cc1. The monoisotopic (exact) mass is 369 g/mol. The number of nitrogens with two attached hydrogens (primary N) is 1. The molecule has 2 N–H and O–H groups in total. The molecule has 1 aromatic carbocycles. The maximum absolute atomic E-state index is 6.27. The van der Waals surface area contributed by atoms with Crippen molar-refractivity contribution in [3.05, 3.63) is 41.6 Å². The van der Waals surface area contributed by atoms with Gasteiger partial charge < -0.3 is 0 Å². The molecular weight excluding hydrogens is 350 g/mol. The van der Waals surface area contributed by atoms with Gasteiger partial charge in [-0.25, -0.2) is 0 Å². The first-order valence-electron chi connectivity index (χ1n) is 9.84. The molecule has 1 aromatic heterocycles. The van der Waals surface area contributed by atoms with Crippen molar-refractivity contribution in [3.63, 3.8) is 0 Å². The van der Waals surface area contributed by atoms with Gasteiger partial charge in [-0.05, 0) is 0 Å². The van der Waals surface area contributed by atoms with Crippen molar-refractivity contribution in [2.45, 2.75) is 54.6 Å². The van der Waals surface area contributed by atoms with Gasteiger partial charge in [-0.3, -0.25) is 0 Å². The van der Waals surface area contributed by atoms with Crippen molar-refractivity contribution >= 4 is 5.95 Å². The Hall–Kier alpha value is -1.38. The average molecular weight is 369 g/mol.